The number of H-pyrrole nitrogens is 1. The maximum Gasteiger partial charge on any atom is 0.238 e. The monoisotopic (exact) mass is 758 g/mol. The first-order chi connectivity index (χ1) is 27.5. The van der Waals surface area contributed by atoms with Gasteiger partial charge in [-0.25, -0.2) is 4.39 Å². The molecule has 0 spiro atoms. The summed E-state index contributed by atoms with van der Waals surface area (Å²) in [6.45, 7) is 3.33. The van der Waals surface area contributed by atoms with E-state index in [1.54, 1.807) is 6.07 Å². The van der Waals surface area contributed by atoms with Crippen LogP contribution in [0.4, 0.5) is 4.39 Å². The second kappa shape index (κ2) is 19.5. The molecule has 6 aromatic rings. The van der Waals surface area contributed by atoms with E-state index in [1.807, 2.05) is 134 Å². The van der Waals surface area contributed by atoms with Gasteiger partial charge in [-0.3, -0.25) is 5.10 Å². The summed E-state index contributed by atoms with van der Waals surface area (Å²) >= 11 is 0. The molecule has 2 heterocycles. The van der Waals surface area contributed by atoms with Crippen LogP contribution < -0.4 is 9.47 Å². The minimum Gasteiger partial charge on any atom is -0.494 e. The second-order valence-electron chi connectivity index (χ2n) is 13.7. The third-order valence-electron chi connectivity index (χ3n) is 9.70. The zero-order valence-corrected chi connectivity index (χ0v) is 31.6. The van der Waals surface area contributed by atoms with E-state index in [-0.39, 0.29) is 19.0 Å². The maximum atomic E-state index is 14.8. The van der Waals surface area contributed by atoms with Gasteiger partial charge in [0, 0.05) is 17.7 Å². The fourth-order valence-corrected chi connectivity index (χ4v) is 6.71. The molecule has 1 aliphatic rings. The first-order valence-electron chi connectivity index (χ1n) is 18.8. The average Bonchev–Trinajstić information content (AvgIpc) is 3.57. The van der Waals surface area contributed by atoms with E-state index in [9.17, 15) is 4.39 Å². The molecule has 1 aromatic heterocycles. The molecule has 1 N–H and O–H groups in total. The fraction of sp³-hybridized carbons (Fsp3) is 0.283. The molecule has 10 heteroatoms. The lowest BCUT2D eigenvalue weighted by atomic mass is 9.97. The Morgan fingerprint density at radius 2 is 1.14 bits per heavy atom. The average molecular weight is 759 g/mol. The highest BCUT2D eigenvalue weighted by Crippen LogP contribution is 2.34. The molecular weight excluding hydrogens is 712 g/mol. The van der Waals surface area contributed by atoms with Crippen LogP contribution in [-0.4, -0.2) is 54.6 Å². The Labute approximate surface area is 327 Å². The molecule has 1 fully saturated rings. The first kappa shape index (κ1) is 38.9. The van der Waals surface area contributed by atoms with E-state index in [0.29, 0.717) is 32.1 Å². The summed E-state index contributed by atoms with van der Waals surface area (Å²) in [7, 11) is 1.44. The highest BCUT2D eigenvalue weighted by Gasteiger charge is 2.50. The van der Waals surface area contributed by atoms with Crippen molar-refractivity contribution >= 4 is 0 Å². The van der Waals surface area contributed by atoms with Crippen LogP contribution in [0.15, 0.2) is 140 Å². The number of aryl methyl sites for hydroxylation is 1. The Balaban J connectivity index is 1.23. The van der Waals surface area contributed by atoms with E-state index in [1.165, 1.54) is 13.2 Å². The van der Waals surface area contributed by atoms with Crippen molar-refractivity contribution in [3.8, 4) is 11.6 Å². The number of halogens is 1. The molecule has 5 atom stereocenters. The molecule has 1 aliphatic heterocycles. The summed E-state index contributed by atoms with van der Waals surface area (Å²) in [6, 6.07) is 44.8. The molecular formula is C46H47FN2O7. The van der Waals surface area contributed by atoms with Gasteiger partial charge in [0.05, 0.1) is 40.1 Å². The van der Waals surface area contributed by atoms with Crippen molar-refractivity contribution < 1.29 is 37.5 Å². The largest absolute Gasteiger partial charge is 0.494 e. The minimum absolute atomic E-state index is 0.175. The first-order valence-corrected chi connectivity index (χ1v) is 18.8. The Kier molecular flexibility index (Phi) is 13.5. The van der Waals surface area contributed by atoms with Crippen LogP contribution in [0.3, 0.4) is 0 Å². The number of rotatable bonds is 18. The molecule has 0 aliphatic carbocycles. The fourth-order valence-electron chi connectivity index (χ4n) is 6.71. The number of ether oxygens (including phenoxy) is 7. The summed E-state index contributed by atoms with van der Waals surface area (Å²) in [6.07, 6.45) is -3.38. The van der Waals surface area contributed by atoms with Gasteiger partial charge in [0.1, 0.15) is 24.4 Å². The number of nitrogens with one attached hydrogen (secondary N) is 1. The van der Waals surface area contributed by atoms with Gasteiger partial charge in [-0.15, -0.1) is 5.10 Å². The van der Waals surface area contributed by atoms with E-state index in [4.69, 9.17) is 33.2 Å². The summed E-state index contributed by atoms with van der Waals surface area (Å²) in [5.41, 5.74) is 6.26. The van der Waals surface area contributed by atoms with Crippen molar-refractivity contribution in [2.24, 2.45) is 0 Å². The van der Waals surface area contributed by atoms with Crippen molar-refractivity contribution in [2.75, 3.05) is 13.7 Å². The van der Waals surface area contributed by atoms with E-state index in [2.05, 4.69) is 10.2 Å². The quantitative estimate of drug-likeness (QED) is 0.0933. The van der Waals surface area contributed by atoms with Crippen LogP contribution in [0.1, 0.15) is 39.1 Å². The lowest BCUT2D eigenvalue weighted by Gasteiger charge is -2.45. The van der Waals surface area contributed by atoms with Gasteiger partial charge in [-0.2, -0.15) is 0 Å². The van der Waals surface area contributed by atoms with Crippen molar-refractivity contribution in [3.05, 3.63) is 184 Å². The summed E-state index contributed by atoms with van der Waals surface area (Å²) in [4.78, 5) is 0. The molecule has 7 rings (SSSR count). The van der Waals surface area contributed by atoms with Gasteiger partial charge in [-0.1, -0.05) is 127 Å². The van der Waals surface area contributed by atoms with E-state index in [0.717, 1.165) is 39.1 Å². The van der Waals surface area contributed by atoms with E-state index < -0.39 is 36.5 Å². The SMILES string of the molecule is COc1ccc(Cc2c(O[C@@H]3OC(COCc4ccccc4)[C@@H](OCc4ccccc4)[C@H](OCc4ccccc4)[C@H]3OCc3ccccc3)n[nH]c2C)cc1F. The van der Waals surface area contributed by atoms with Crippen molar-refractivity contribution in [3.63, 3.8) is 0 Å². The topological polar surface area (TPSA) is 93.3 Å². The number of nitrogens with zero attached hydrogens (tertiary/aromatic N) is 1. The van der Waals surface area contributed by atoms with Crippen LogP contribution in [-0.2, 0) is 56.5 Å². The third kappa shape index (κ3) is 10.3. The zero-order chi connectivity index (χ0) is 38.5. The molecule has 5 aromatic carbocycles. The van der Waals surface area contributed by atoms with Crippen LogP contribution in [0.5, 0.6) is 11.6 Å². The highest BCUT2D eigenvalue weighted by molar-refractivity contribution is 5.38. The smallest absolute Gasteiger partial charge is 0.238 e. The minimum atomic E-state index is -1.00. The molecule has 56 heavy (non-hydrogen) atoms. The van der Waals surface area contributed by atoms with Gasteiger partial charge in [0.2, 0.25) is 12.2 Å². The molecule has 1 unspecified atom stereocenters. The van der Waals surface area contributed by atoms with Gasteiger partial charge < -0.3 is 33.2 Å². The number of benzene rings is 5. The molecule has 0 radical (unpaired) electrons. The molecule has 0 amide bonds. The van der Waals surface area contributed by atoms with Crippen LogP contribution in [0, 0.1) is 12.7 Å². The molecule has 9 nitrogen and oxygen atoms in total. The van der Waals surface area contributed by atoms with Gasteiger partial charge in [-0.05, 0) is 46.9 Å². The number of hydrogen-bond donors (Lipinski definition) is 1. The Hall–Kier alpha value is -5.36. The number of aromatic amines is 1. The molecule has 290 valence electrons. The van der Waals surface area contributed by atoms with Crippen LogP contribution in [0.25, 0.3) is 0 Å². The van der Waals surface area contributed by atoms with Gasteiger partial charge in [0.15, 0.2) is 11.6 Å². The maximum absolute atomic E-state index is 14.8. The van der Waals surface area contributed by atoms with Gasteiger partial charge >= 0.3 is 0 Å². The van der Waals surface area contributed by atoms with Crippen molar-refractivity contribution in [1.29, 1.82) is 0 Å². The standard InChI is InChI=1S/C46H47FN2O7/c1-32-38(25-37-23-24-40(50-2)39(47)26-37)45(49-48-32)56-46-44(54-30-36-21-13-6-14-22-36)43(53-29-35-19-11-5-12-20-35)42(52-28-34-17-9-4-10-18-34)41(55-46)31-51-27-33-15-7-3-8-16-33/h3-24,26,41-44,46H,25,27-31H2,1-2H3,(H,48,49)/t41?,42-,43+,44-,46+/m1/s1. The van der Waals surface area contributed by atoms with Crippen LogP contribution in [0.2, 0.25) is 0 Å². The predicted octanol–water partition coefficient (Wildman–Crippen LogP) is 8.53. The van der Waals surface area contributed by atoms with Crippen LogP contribution >= 0.6 is 0 Å². The summed E-state index contributed by atoms with van der Waals surface area (Å²) in [5.74, 6) is 0.0395. The van der Waals surface area contributed by atoms with E-state index >= 15 is 0 Å². The Morgan fingerprint density at radius 3 is 1.68 bits per heavy atom. The Morgan fingerprint density at radius 1 is 0.625 bits per heavy atom. The summed E-state index contributed by atoms with van der Waals surface area (Å²) < 4.78 is 60.2. The zero-order valence-electron chi connectivity index (χ0n) is 31.6. The predicted molar refractivity (Wildman–Crippen MR) is 210 cm³/mol. The second-order valence-corrected chi connectivity index (χ2v) is 13.7. The number of hydrogen-bond acceptors (Lipinski definition) is 8. The van der Waals surface area contributed by atoms with Gasteiger partial charge in [0.25, 0.3) is 0 Å². The number of aromatic nitrogens is 2. The lowest BCUT2D eigenvalue weighted by molar-refractivity contribution is -0.310. The lowest BCUT2D eigenvalue weighted by Crippen LogP contribution is -2.62. The molecule has 1 saturated heterocycles. The summed E-state index contributed by atoms with van der Waals surface area (Å²) in [5, 5.41) is 7.61. The number of methoxy groups -OCH3 is 1. The molecule has 0 bridgehead atoms. The Bertz CT molecular complexity index is 2070. The molecule has 0 saturated carbocycles. The normalized spacial score (nSPS) is 19.4. The highest BCUT2D eigenvalue weighted by atomic mass is 19.1. The van der Waals surface area contributed by atoms with Crippen molar-refractivity contribution in [2.45, 2.75) is 70.5 Å². The van der Waals surface area contributed by atoms with Crippen molar-refractivity contribution in [1.82, 2.24) is 10.2 Å². The third-order valence-corrected chi connectivity index (χ3v) is 9.70.